The van der Waals surface area contributed by atoms with Crippen molar-refractivity contribution in [1.82, 2.24) is 0 Å². The van der Waals surface area contributed by atoms with Gasteiger partial charge in [-0.25, -0.2) is 0 Å². The van der Waals surface area contributed by atoms with E-state index in [1.165, 1.54) is 6.42 Å². The zero-order valence-corrected chi connectivity index (χ0v) is 9.88. The Balaban J connectivity index is 2.78. The molecule has 0 aliphatic heterocycles. The summed E-state index contributed by atoms with van der Waals surface area (Å²) in [6.07, 6.45) is 5.43. The van der Waals surface area contributed by atoms with Gasteiger partial charge in [0.15, 0.2) is 0 Å². The molecule has 0 aromatic heterocycles. The Morgan fingerprint density at radius 3 is 2.73 bits per heavy atom. The molecule has 2 unspecified atom stereocenters. The van der Waals surface area contributed by atoms with Gasteiger partial charge in [0.1, 0.15) is 0 Å². The van der Waals surface area contributed by atoms with Gasteiger partial charge in [0.2, 0.25) is 0 Å². The van der Waals surface area contributed by atoms with Crippen LogP contribution in [0.25, 0.3) is 0 Å². The monoisotopic (exact) mass is 210 g/mol. The molecule has 86 valence electrons. The van der Waals surface area contributed by atoms with E-state index in [-0.39, 0.29) is 0 Å². The second-order valence-electron chi connectivity index (χ2n) is 5.07. The van der Waals surface area contributed by atoms with Crippen molar-refractivity contribution >= 4 is 5.97 Å². The highest BCUT2D eigenvalue weighted by Crippen LogP contribution is 2.44. The number of hydrogen-bond acceptors (Lipinski definition) is 1. The molecule has 0 heterocycles. The molecule has 1 rings (SSSR count). The third-order valence-electron chi connectivity index (χ3n) is 3.63. The standard InChI is InChI=1S/C13H22O2/c1-4-10(2)8-13(12(14)15)7-5-6-11(3)9-13/h11H,2,4-9H2,1,3H3,(H,14,15). The van der Waals surface area contributed by atoms with Crippen molar-refractivity contribution in [3.05, 3.63) is 12.2 Å². The quantitative estimate of drug-likeness (QED) is 0.719. The molecule has 0 radical (unpaired) electrons. The Labute approximate surface area is 92.4 Å². The molecule has 0 aromatic rings. The van der Waals surface area contributed by atoms with Crippen LogP contribution in [0, 0.1) is 11.3 Å². The van der Waals surface area contributed by atoms with Crippen molar-refractivity contribution in [3.8, 4) is 0 Å². The molecule has 0 amide bonds. The molecule has 1 aliphatic rings. The Hall–Kier alpha value is -0.790. The zero-order chi connectivity index (χ0) is 11.5. The maximum atomic E-state index is 11.4. The first-order chi connectivity index (χ1) is 7.00. The largest absolute Gasteiger partial charge is 0.481 e. The molecule has 1 aliphatic carbocycles. The second kappa shape index (κ2) is 4.82. The van der Waals surface area contributed by atoms with E-state index >= 15 is 0 Å². The maximum absolute atomic E-state index is 11.4. The van der Waals surface area contributed by atoms with Gasteiger partial charge in [-0.1, -0.05) is 38.8 Å². The molecular weight excluding hydrogens is 188 g/mol. The first-order valence-electron chi connectivity index (χ1n) is 5.90. The third kappa shape index (κ3) is 2.83. The molecule has 2 nitrogen and oxygen atoms in total. The minimum absolute atomic E-state index is 0.509. The number of carboxylic acids is 1. The van der Waals surface area contributed by atoms with Gasteiger partial charge in [0, 0.05) is 0 Å². The Bertz CT molecular complexity index is 257. The molecule has 1 fully saturated rings. The Morgan fingerprint density at radius 1 is 1.60 bits per heavy atom. The molecule has 2 heteroatoms. The summed E-state index contributed by atoms with van der Waals surface area (Å²) in [7, 11) is 0. The predicted molar refractivity (Wildman–Crippen MR) is 61.7 cm³/mol. The number of rotatable bonds is 4. The van der Waals surface area contributed by atoms with E-state index in [0.29, 0.717) is 12.3 Å². The lowest BCUT2D eigenvalue weighted by Crippen LogP contribution is -2.36. The van der Waals surface area contributed by atoms with Crippen molar-refractivity contribution in [3.63, 3.8) is 0 Å². The topological polar surface area (TPSA) is 37.3 Å². The molecule has 1 saturated carbocycles. The van der Waals surface area contributed by atoms with Gasteiger partial charge in [0.05, 0.1) is 5.41 Å². The lowest BCUT2D eigenvalue weighted by atomic mass is 9.67. The molecule has 0 bridgehead atoms. The highest BCUT2D eigenvalue weighted by molar-refractivity contribution is 5.75. The Kier molecular flexibility index (Phi) is 3.95. The van der Waals surface area contributed by atoms with Crippen molar-refractivity contribution in [1.29, 1.82) is 0 Å². The van der Waals surface area contributed by atoms with Gasteiger partial charge in [-0.3, -0.25) is 4.79 Å². The zero-order valence-electron chi connectivity index (χ0n) is 9.88. The van der Waals surface area contributed by atoms with Crippen LogP contribution in [0.2, 0.25) is 0 Å². The van der Waals surface area contributed by atoms with Crippen LogP contribution in [0.1, 0.15) is 52.4 Å². The fourth-order valence-corrected chi connectivity index (χ4v) is 2.69. The summed E-state index contributed by atoms with van der Waals surface area (Å²) in [5.74, 6) is -0.0804. The van der Waals surface area contributed by atoms with E-state index in [1.54, 1.807) is 0 Å². The number of aliphatic carboxylic acids is 1. The minimum atomic E-state index is -0.622. The van der Waals surface area contributed by atoms with Gasteiger partial charge < -0.3 is 5.11 Å². The van der Waals surface area contributed by atoms with Crippen molar-refractivity contribution < 1.29 is 9.90 Å². The van der Waals surface area contributed by atoms with E-state index in [0.717, 1.165) is 31.3 Å². The van der Waals surface area contributed by atoms with E-state index in [9.17, 15) is 9.90 Å². The predicted octanol–water partition coefficient (Wildman–Crippen LogP) is 3.62. The smallest absolute Gasteiger partial charge is 0.309 e. The highest BCUT2D eigenvalue weighted by atomic mass is 16.4. The number of hydrogen-bond donors (Lipinski definition) is 1. The van der Waals surface area contributed by atoms with Crippen LogP contribution in [-0.2, 0) is 4.79 Å². The summed E-state index contributed by atoms with van der Waals surface area (Å²) >= 11 is 0. The summed E-state index contributed by atoms with van der Waals surface area (Å²) in [5.41, 5.74) is 0.566. The first kappa shape index (κ1) is 12.3. The van der Waals surface area contributed by atoms with Gasteiger partial charge in [-0.2, -0.15) is 0 Å². The number of carboxylic acid groups (broad SMARTS) is 1. The molecule has 0 saturated heterocycles. The maximum Gasteiger partial charge on any atom is 0.309 e. The molecular formula is C13H22O2. The summed E-state index contributed by atoms with van der Waals surface area (Å²) < 4.78 is 0. The summed E-state index contributed by atoms with van der Waals surface area (Å²) in [4.78, 5) is 11.4. The fraction of sp³-hybridized carbons (Fsp3) is 0.769. The highest BCUT2D eigenvalue weighted by Gasteiger charge is 2.41. The number of carbonyl (C=O) groups is 1. The van der Waals surface area contributed by atoms with Gasteiger partial charge in [-0.15, -0.1) is 0 Å². The van der Waals surface area contributed by atoms with E-state index in [4.69, 9.17) is 0 Å². The molecule has 2 atom stereocenters. The summed E-state index contributed by atoms with van der Waals surface area (Å²) in [6.45, 7) is 8.16. The van der Waals surface area contributed by atoms with Crippen LogP contribution >= 0.6 is 0 Å². The van der Waals surface area contributed by atoms with Crippen LogP contribution in [0.3, 0.4) is 0 Å². The first-order valence-corrected chi connectivity index (χ1v) is 5.90. The summed E-state index contributed by atoms with van der Waals surface area (Å²) in [6, 6.07) is 0. The number of allylic oxidation sites excluding steroid dienone is 1. The lowest BCUT2D eigenvalue weighted by molar-refractivity contribution is -0.152. The average Bonchev–Trinajstić information content (AvgIpc) is 2.17. The van der Waals surface area contributed by atoms with E-state index in [2.05, 4.69) is 13.5 Å². The lowest BCUT2D eigenvalue weighted by Gasteiger charge is -2.37. The molecule has 15 heavy (non-hydrogen) atoms. The van der Waals surface area contributed by atoms with Gasteiger partial charge in [0.25, 0.3) is 0 Å². The third-order valence-corrected chi connectivity index (χ3v) is 3.63. The fourth-order valence-electron chi connectivity index (χ4n) is 2.69. The van der Waals surface area contributed by atoms with Crippen LogP contribution in [0.15, 0.2) is 12.2 Å². The normalized spacial score (nSPS) is 31.2. The van der Waals surface area contributed by atoms with Gasteiger partial charge in [-0.05, 0) is 31.6 Å². The molecule has 1 N–H and O–H groups in total. The average molecular weight is 210 g/mol. The van der Waals surface area contributed by atoms with Crippen LogP contribution < -0.4 is 0 Å². The van der Waals surface area contributed by atoms with Crippen molar-refractivity contribution in [2.75, 3.05) is 0 Å². The van der Waals surface area contributed by atoms with Crippen molar-refractivity contribution in [2.24, 2.45) is 11.3 Å². The van der Waals surface area contributed by atoms with E-state index in [1.807, 2.05) is 6.92 Å². The molecule has 0 aromatic carbocycles. The summed E-state index contributed by atoms with van der Waals surface area (Å²) in [5, 5.41) is 9.41. The van der Waals surface area contributed by atoms with Crippen LogP contribution in [0.5, 0.6) is 0 Å². The molecule has 0 spiro atoms. The van der Waals surface area contributed by atoms with Gasteiger partial charge >= 0.3 is 5.97 Å². The van der Waals surface area contributed by atoms with Crippen LogP contribution in [-0.4, -0.2) is 11.1 Å². The SMILES string of the molecule is C=C(CC)CC1(C(=O)O)CCCC(C)C1. The van der Waals surface area contributed by atoms with E-state index < -0.39 is 11.4 Å². The van der Waals surface area contributed by atoms with Crippen LogP contribution in [0.4, 0.5) is 0 Å². The minimum Gasteiger partial charge on any atom is -0.481 e. The Morgan fingerprint density at radius 2 is 2.27 bits per heavy atom. The second-order valence-corrected chi connectivity index (χ2v) is 5.07. The van der Waals surface area contributed by atoms with Crippen molar-refractivity contribution in [2.45, 2.75) is 52.4 Å².